The molecule has 1 aromatic carbocycles. The lowest BCUT2D eigenvalue weighted by Gasteiger charge is -2.14. The largest absolute Gasteiger partial charge is 0.504 e. The van der Waals surface area contributed by atoms with Crippen molar-refractivity contribution < 1.29 is 14.6 Å². The Bertz CT molecular complexity index is 421. The molecule has 17 heavy (non-hydrogen) atoms. The number of hydrogen-bond donors (Lipinski definition) is 2. The third kappa shape index (κ3) is 1.55. The van der Waals surface area contributed by atoms with Crippen LogP contribution in [0.25, 0.3) is 0 Å². The smallest absolute Gasteiger partial charge is 0.165 e. The monoisotopic (exact) mass is 235 g/mol. The molecule has 0 atom stereocenters. The summed E-state index contributed by atoms with van der Waals surface area (Å²) in [5, 5.41) is 10.2. The molecule has 0 radical (unpaired) electrons. The number of rotatable bonds is 3. The minimum atomic E-state index is 0.293. The molecule has 2 aliphatic rings. The zero-order valence-corrected chi connectivity index (χ0v) is 9.79. The highest BCUT2D eigenvalue weighted by molar-refractivity contribution is 5.64. The molecular weight excluding hydrogens is 218 g/mol. The molecule has 0 saturated carbocycles. The second-order valence-corrected chi connectivity index (χ2v) is 4.53. The summed E-state index contributed by atoms with van der Waals surface area (Å²) in [6, 6.07) is 0. The lowest BCUT2D eigenvalue weighted by Crippen LogP contribution is -2.03. The van der Waals surface area contributed by atoms with Gasteiger partial charge in [0.05, 0.1) is 13.2 Å². The Morgan fingerprint density at radius 3 is 2.53 bits per heavy atom. The van der Waals surface area contributed by atoms with E-state index in [9.17, 15) is 5.11 Å². The number of nitrogens with two attached hydrogens (primary N) is 1. The van der Waals surface area contributed by atoms with Gasteiger partial charge < -0.3 is 20.3 Å². The van der Waals surface area contributed by atoms with Gasteiger partial charge in [0.2, 0.25) is 0 Å². The summed E-state index contributed by atoms with van der Waals surface area (Å²) < 4.78 is 11.2. The van der Waals surface area contributed by atoms with Crippen molar-refractivity contribution >= 4 is 0 Å². The first-order valence-electron chi connectivity index (χ1n) is 6.18. The average molecular weight is 235 g/mol. The molecular formula is C13H17NO3. The molecule has 92 valence electrons. The number of phenols is 1. The molecule has 0 fully saturated rings. The van der Waals surface area contributed by atoms with Gasteiger partial charge in [-0.1, -0.05) is 0 Å². The van der Waals surface area contributed by atoms with Gasteiger partial charge in [0.15, 0.2) is 11.5 Å². The molecule has 1 aromatic rings. The molecule has 3 N–H and O–H groups in total. The van der Waals surface area contributed by atoms with Gasteiger partial charge in [-0.3, -0.25) is 0 Å². The standard InChI is InChI=1S/C13H17NO3/c14-5-1-2-8-9-3-6-17-13(9)11(15)10-4-7-16-12(8)10/h15H,1-7,14H2. The Kier molecular flexibility index (Phi) is 2.59. The van der Waals surface area contributed by atoms with Gasteiger partial charge in [0.1, 0.15) is 5.75 Å². The van der Waals surface area contributed by atoms with E-state index in [4.69, 9.17) is 15.2 Å². The van der Waals surface area contributed by atoms with E-state index in [0.717, 1.165) is 42.6 Å². The van der Waals surface area contributed by atoms with Crippen LogP contribution in [0.2, 0.25) is 0 Å². The summed E-state index contributed by atoms with van der Waals surface area (Å²) in [6.07, 6.45) is 3.48. The third-order valence-electron chi connectivity index (χ3n) is 3.52. The molecule has 0 aliphatic carbocycles. The van der Waals surface area contributed by atoms with E-state index in [1.165, 1.54) is 5.56 Å². The quantitative estimate of drug-likeness (QED) is 0.825. The van der Waals surface area contributed by atoms with E-state index in [2.05, 4.69) is 0 Å². The van der Waals surface area contributed by atoms with Gasteiger partial charge in [-0.2, -0.15) is 0 Å². The average Bonchev–Trinajstić information content (AvgIpc) is 2.97. The van der Waals surface area contributed by atoms with Crippen LogP contribution in [-0.4, -0.2) is 24.9 Å². The summed E-state index contributed by atoms with van der Waals surface area (Å²) in [5.41, 5.74) is 8.81. The van der Waals surface area contributed by atoms with Crippen LogP contribution in [0.1, 0.15) is 23.1 Å². The predicted octanol–water partition coefficient (Wildman–Crippen LogP) is 1.15. The number of fused-ring (bicyclic) bond motifs is 2. The van der Waals surface area contributed by atoms with E-state index in [1.54, 1.807) is 0 Å². The highest BCUT2D eigenvalue weighted by Gasteiger charge is 2.30. The van der Waals surface area contributed by atoms with Gasteiger partial charge in [-0.15, -0.1) is 0 Å². The van der Waals surface area contributed by atoms with Gasteiger partial charge >= 0.3 is 0 Å². The third-order valence-corrected chi connectivity index (χ3v) is 3.52. The minimum Gasteiger partial charge on any atom is -0.504 e. The van der Waals surface area contributed by atoms with Crippen molar-refractivity contribution in [3.05, 3.63) is 16.7 Å². The lowest BCUT2D eigenvalue weighted by atomic mass is 9.95. The van der Waals surface area contributed by atoms with Crippen LogP contribution in [0.3, 0.4) is 0 Å². The molecule has 4 nitrogen and oxygen atoms in total. The second kappa shape index (κ2) is 4.11. The van der Waals surface area contributed by atoms with Crippen LogP contribution < -0.4 is 15.2 Å². The second-order valence-electron chi connectivity index (χ2n) is 4.53. The van der Waals surface area contributed by atoms with E-state index in [1.807, 2.05) is 0 Å². The molecule has 0 amide bonds. The number of aromatic hydroxyl groups is 1. The van der Waals surface area contributed by atoms with Crippen LogP contribution in [0.5, 0.6) is 17.2 Å². The van der Waals surface area contributed by atoms with E-state index < -0.39 is 0 Å². The van der Waals surface area contributed by atoms with Crippen molar-refractivity contribution in [1.82, 2.24) is 0 Å². The fourth-order valence-electron chi connectivity index (χ4n) is 2.72. The van der Waals surface area contributed by atoms with Crippen molar-refractivity contribution in [2.24, 2.45) is 5.73 Å². The first-order valence-corrected chi connectivity index (χ1v) is 6.18. The zero-order chi connectivity index (χ0) is 11.8. The van der Waals surface area contributed by atoms with Crippen molar-refractivity contribution in [2.75, 3.05) is 19.8 Å². The fourth-order valence-corrected chi connectivity index (χ4v) is 2.72. The van der Waals surface area contributed by atoms with Gasteiger partial charge in [-0.05, 0) is 19.4 Å². The highest BCUT2D eigenvalue weighted by Crippen LogP contribution is 2.48. The van der Waals surface area contributed by atoms with Crippen LogP contribution in [0, 0.1) is 0 Å². The van der Waals surface area contributed by atoms with Gasteiger partial charge in [0.25, 0.3) is 0 Å². The van der Waals surface area contributed by atoms with Crippen molar-refractivity contribution in [3.8, 4) is 17.2 Å². The Hall–Kier alpha value is -1.42. The fraction of sp³-hybridized carbons (Fsp3) is 0.538. The zero-order valence-electron chi connectivity index (χ0n) is 9.79. The Morgan fingerprint density at radius 2 is 1.76 bits per heavy atom. The summed E-state index contributed by atoms with van der Waals surface area (Å²) in [6.45, 7) is 1.98. The van der Waals surface area contributed by atoms with Crippen molar-refractivity contribution in [2.45, 2.75) is 25.7 Å². The minimum absolute atomic E-state index is 0.293. The summed E-state index contributed by atoms with van der Waals surface area (Å²) >= 11 is 0. The molecule has 0 bridgehead atoms. The molecule has 0 saturated heterocycles. The summed E-state index contributed by atoms with van der Waals surface area (Å²) in [5.74, 6) is 1.86. The van der Waals surface area contributed by atoms with Crippen LogP contribution >= 0.6 is 0 Å². The molecule has 4 heteroatoms. The van der Waals surface area contributed by atoms with Crippen molar-refractivity contribution in [1.29, 1.82) is 0 Å². The van der Waals surface area contributed by atoms with E-state index in [-0.39, 0.29) is 0 Å². The molecule has 3 rings (SSSR count). The maximum Gasteiger partial charge on any atom is 0.165 e. The maximum absolute atomic E-state index is 10.2. The first kappa shape index (κ1) is 10.7. The van der Waals surface area contributed by atoms with E-state index >= 15 is 0 Å². The maximum atomic E-state index is 10.2. The van der Waals surface area contributed by atoms with Crippen LogP contribution in [0.15, 0.2) is 0 Å². The normalized spacial score (nSPS) is 16.3. The predicted molar refractivity (Wildman–Crippen MR) is 63.9 cm³/mol. The van der Waals surface area contributed by atoms with Crippen LogP contribution in [0.4, 0.5) is 0 Å². The molecule has 2 aliphatic heterocycles. The number of benzene rings is 1. The topological polar surface area (TPSA) is 64.7 Å². The number of hydrogen-bond acceptors (Lipinski definition) is 4. The van der Waals surface area contributed by atoms with Gasteiger partial charge in [-0.25, -0.2) is 0 Å². The van der Waals surface area contributed by atoms with E-state index in [0.29, 0.717) is 31.3 Å². The molecule has 0 unspecified atom stereocenters. The number of phenolic OH excluding ortho intramolecular Hbond substituents is 1. The summed E-state index contributed by atoms with van der Waals surface area (Å²) in [7, 11) is 0. The van der Waals surface area contributed by atoms with Gasteiger partial charge in [0, 0.05) is 29.5 Å². The lowest BCUT2D eigenvalue weighted by molar-refractivity contribution is 0.333. The highest BCUT2D eigenvalue weighted by atomic mass is 16.5. The molecule has 2 heterocycles. The molecule has 0 aromatic heterocycles. The first-order chi connectivity index (χ1) is 8.33. The molecule has 0 spiro atoms. The van der Waals surface area contributed by atoms with Crippen molar-refractivity contribution in [3.63, 3.8) is 0 Å². The Labute approximate surface area is 100 Å². The summed E-state index contributed by atoms with van der Waals surface area (Å²) in [4.78, 5) is 0. The Balaban J connectivity index is 2.12. The Morgan fingerprint density at radius 1 is 1.06 bits per heavy atom. The van der Waals surface area contributed by atoms with Crippen LogP contribution in [-0.2, 0) is 19.3 Å². The SMILES string of the molecule is NCCCc1c2c(c(O)c3c1OCC3)OCC2. The number of ether oxygens (including phenoxy) is 2.